The lowest BCUT2D eigenvalue weighted by Gasteiger charge is -2.12. The molecule has 0 unspecified atom stereocenters. The summed E-state index contributed by atoms with van der Waals surface area (Å²) in [5.41, 5.74) is 5.52. The highest BCUT2D eigenvalue weighted by molar-refractivity contribution is 6.26. The van der Waals surface area contributed by atoms with Gasteiger partial charge in [-0.1, -0.05) is 54.6 Å². The number of aromatic nitrogens is 3. The van der Waals surface area contributed by atoms with Crippen LogP contribution in [0.1, 0.15) is 0 Å². The fourth-order valence-corrected chi connectivity index (χ4v) is 4.14. The molecular weight excluding hydrogens is 330 g/mol. The van der Waals surface area contributed by atoms with Crippen LogP contribution in [-0.2, 0) is 0 Å². The van der Waals surface area contributed by atoms with Crippen molar-refractivity contribution in [2.75, 3.05) is 0 Å². The molecular formula is C24H15N3. The highest BCUT2D eigenvalue weighted by Crippen LogP contribution is 2.39. The smallest absolute Gasteiger partial charge is 0.0967 e. The van der Waals surface area contributed by atoms with Gasteiger partial charge in [-0.25, -0.2) is 4.98 Å². The van der Waals surface area contributed by atoms with E-state index >= 15 is 0 Å². The SMILES string of the molecule is c1cnc2ccc(-c3cccc4c5ccccc5c5nc[nH]c5c34)cc2c1. The molecule has 0 spiro atoms. The number of rotatable bonds is 1. The summed E-state index contributed by atoms with van der Waals surface area (Å²) < 4.78 is 0. The number of H-pyrrole nitrogens is 1. The molecule has 3 heteroatoms. The zero-order valence-electron chi connectivity index (χ0n) is 14.5. The highest BCUT2D eigenvalue weighted by Gasteiger charge is 2.14. The van der Waals surface area contributed by atoms with Crippen molar-refractivity contribution in [3.8, 4) is 11.1 Å². The minimum Gasteiger partial charge on any atom is -0.344 e. The summed E-state index contributed by atoms with van der Waals surface area (Å²) in [4.78, 5) is 12.4. The first kappa shape index (κ1) is 14.4. The molecule has 6 rings (SSSR count). The molecule has 1 N–H and O–H groups in total. The van der Waals surface area contributed by atoms with Gasteiger partial charge in [-0.2, -0.15) is 0 Å². The molecule has 27 heavy (non-hydrogen) atoms. The summed E-state index contributed by atoms with van der Waals surface area (Å²) in [6, 6.07) is 25.6. The van der Waals surface area contributed by atoms with E-state index in [-0.39, 0.29) is 0 Å². The first-order chi connectivity index (χ1) is 13.4. The third-order valence-electron chi connectivity index (χ3n) is 5.34. The van der Waals surface area contributed by atoms with Crippen LogP contribution in [-0.4, -0.2) is 15.0 Å². The van der Waals surface area contributed by atoms with Gasteiger partial charge in [0.05, 0.1) is 22.9 Å². The second kappa shape index (κ2) is 5.39. The third-order valence-corrected chi connectivity index (χ3v) is 5.34. The Hall–Kier alpha value is -3.72. The molecule has 0 amide bonds. The Balaban J connectivity index is 1.80. The lowest BCUT2D eigenvalue weighted by Crippen LogP contribution is -1.87. The molecule has 0 saturated heterocycles. The maximum atomic E-state index is 4.62. The molecule has 0 atom stereocenters. The van der Waals surface area contributed by atoms with Gasteiger partial charge in [-0.05, 0) is 40.1 Å². The van der Waals surface area contributed by atoms with E-state index in [1.807, 2.05) is 12.3 Å². The van der Waals surface area contributed by atoms with E-state index in [9.17, 15) is 0 Å². The molecule has 3 nitrogen and oxygen atoms in total. The molecule has 2 aromatic heterocycles. The van der Waals surface area contributed by atoms with Crippen LogP contribution in [0.5, 0.6) is 0 Å². The van der Waals surface area contributed by atoms with E-state index < -0.39 is 0 Å². The van der Waals surface area contributed by atoms with Gasteiger partial charge < -0.3 is 4.98 Å². The zero-order chi connectivity index (χ0) is 17.8. The van der Waals surface area contributed by atoms with E-state index in [1.165, 1.54) is 32.7 Å². The minimum atomic E-state index is 1.01. The molecule has 6 aromatic rings. The van der Waals surface area contributed by atoms with Crippen molar-refractivity contribution in [3.05, 3.63) is 85.3 Å². The van der Waals surface area contributed by atoms with E-state index in [4.69, 9.17) is 0 Å². The van der Waals surface area contributed by atoms with Crippen LogP contribution in [0.3, 0.4) is 0 Å². The maximum Gasteiger partial charge on any atom is 0.0967 e. The van der Waals surface area contributed by atoms with Gasteiger partial charge in [0.15, 0.2) is 0 Å². The first-order valence-electron chi connectivity index (χ1n) is 9.02. The largest absolute Gasteiger partial charge is 0.344 e. The Kier molecular flexibility index (Phi) is 2.88. The second-order valence-corrected chi connectivity index (χ2v) is 6.81. The number of fused-ring (bicyclic) bond motifs is 7. The summed E-state index contributed by atoms with van der Waals surface area (Å²) in [6.45, 7) is 0. The maximum absolute atomic E-state index is 4.62. The van der Waals surface area contributed by atoms with Crippen LogP contribution in [0, 0.1) is 0 Å². The van der Waals surface area contributed by atoms with E-state index in [1.54, 1.807) is 6.33 Å². The van der Waals surface area contributed by atoms with Crippen LogP contribution in [0.15, 0.2) is 85.3 Å². The van der Waals surface area contributed by atoms with Crippen LogP contribution in [0.2, 0.25) is 0 Å². The Labute approximate surface area is 155 Å². The fourth-order valence-electron chi connectivity index (χ4n) is 4.14. The molecule has 0 aliphatic rings. The zero-order valence-corrected chi connectivity index (χ0v) is 14.5. The molecule has 0 radical (unpaired) electrons. The number of nitrogens with one attached hydrogen (secondary N) is 1. The normalized spacial score (nSPS) is 11.7. The number of imidazole rings is 1. The topological polar surface area (TPSA) is 41.6 Å². The van der Waals surface area contributed by atoms with Crippen LogP contribution < -0.4 is 0 Å². The van der Waals surface area contributed by atoms with Gasteiger partial charge in [-0.3, -0.25) is 4.98 Å². The Morgan fingerprint density at radius 3 is 2.56 bits per heavy atom. The van der Waals surface area contributed by atoms with Crippen LogP contribution in [0.25, 0.3) is 54.6 Å². The van der Waals surface area contributed by atoms with Crippen molar-refractivity contribution in [1.82, 2.24) is 15.0 Å². The summed E-state index contributed by atoms with van der Waals surface area (Å²) in [6.07, 6.45) is 3.62. The molecule has 0 bridgehead atoms. The summed E-state index contributed by atoms with van der Waals surface area (Å²) in [5.74, 6) is 0. The molecule has 0 saturated carbocycles. The van der Waals surface area contributed by atoms with Crippen molar-refractivity contribution in [3.63, 3.8) is 0 Å². The summed E-state index contributed by atoms with van der Waals surface area (Å²) >= 11 is 0. The highest BCUT2D eigenvalue weighted by atomic mass is 14.9. The predicted octanol–water partition coefficient (Wildman–Crippen LogP) is 6.08. The van der Waals surface area contributed by atoms with Crippen molar-refractivity contribution in [2.24, 2.45) is 0 Å². The van der Waals surface area contributed by atoms with Gasteiger partial charge in [0, 0.05) is 22.4 Å². The van der Waals surface area contributed by atoms with Crippen LogP contribution in [0.4, 0.5) is 0 Å². The van der Waals surface area contributed by atoms with Crippen molar-refractivity contribution in [1.29, 1.82) is 0 Å². The Morgan fingerprint density at radius 2 is 1.59 bits per heavy atom. The summed E-state index contributed by atoms with van der Waals surface area (Å²) in [5, 5.41) is 6.02. The molecule has 0 fully saturated rings. The van der Waals surface area contributed by atoms with E-state index in [2.05, 4.69) is 81.7 Å². The standard InChI is InChI=1S/C24H15N3/c1-2-7-20-18(6-1)19-9-3-8-17(22(19)24-23(20)26-14-27-24)15-10-11-21-16(13-15)5-4-12-25-21/h1-14H,(H,26,27). The lowest BCUT2D eigenvalue weighted by atomic mass is 9.93. The van der Waals surface area contributed by atoms with E-state index in [0.717, 1.165) is 21.9 Å². The van der Waals surface area contributed by atoms with Gasteiger partial charge in [0.1, 0.15) is 0 Å². The summed E-state index contributed by atoms with van der Waals surface area (Å²) in [7, 11) is 0. The molecule has 126 valence electrons. The van der Waals surface area contributed by atoms with Gasteiger partial charge in [0.25, 0.3) is 0 Å². The lowest BCUT2D eigenvalue weighted by molar-refractivity contribution is 1.35. The third kappa shape index (κ3) is 2.02. The molecule has 2 heterocycles. The van der Waals surface area contributed by atoms with Gasteiger partial charge in [-0.15, -0.1) is 0 Å². The van der Waals surface area contributed by atoms with Crippen molar-refractivity contribution in [2.45, 2.75) is 0 Å². The Morgan fingerprint density at radius 1 is 0.704 bits per heavy atom. The molecule has 0 aliphatic carbocycles. The number of pyridine rings is 1. The Bertz CT molecular complexity index is 1480. The van der Waals surface area contributed by atoms with Gasteiger partial charge in [0.2, 0.25) is 0 Å². The first-order valence-corrected chi connectivity index (χ1v) is 9.02. The predicted molar refractivity (Wildman–Crippen MR) is 112 cm³/mol. The number of benzene rings is 4. The second-order valence-electron chi connectivity index (χ2n) is 6.81. The molecule has 4 aromatic carbocycles. The van der Waals surface area contributed by atoms with Crippen LogP contribution >= 0.6 is 0 Å². The number of hydrogen-bond acceptors (Lipinski definition) is 2. The quantitative estimate of drug-likeness (QED) is 0.367. The van der Waals surface area contributed by atoms with Crippen molar-refractivity contribution >= 4 is 43.5 Å². The monoisotopic (exact) mass is 345 g/mol. The number of aromatic amines is 1. The number of nitrogens with zero attached hydrogens (tertiary/aromatic N) is 2. The number of hydrogen-bond donors (Lipinski definition) is 1. The average Bonchev–Trinajstić information content (AvgIpc) is 3.23. The fraction of sp³-hybridized carbons (Fsp3) is 0. The average molecular weight is 345 g/mol. The minimum absolute atomic E-state index is 1.01. The molecule has 0 aliphatic heterocycles. The van der Waals surface area contributed by atoms with Gasteiger partial charge >= 0.3 is 0 Å². The van der Waals surface area contributed by atoms with E-state index in [0.29, 0.717) is 0 Å². The van der Waals surface area contributed by atoms with Crippen molar-refractivity contribution < 1.29 is 0 Å².